The molecule has 140 valence electrons. The Labute approximate surface area is 175 Å². The zero-order valence-electron chi connectivity index (χ0n) is 14.8. The van der Waals surface area contributed by atoms with E-state index in [1.54, 1.807) is 29.3 Å². The van der Waals surface area contributed by atoms with Gasteiger partial charge >= 0.3 is 0 Å². The van der Waals surface area contributed by atoms with Crippen molar-refractivity contribution in [2.75, 3.05) is 0 Å². The molecule has 0 unspecified atom stereocenters. The lowest BCUT2D eigenvalue weighted by molar-refractivity contribution is 0.669. The molecule has 0 spiro atoms. The minimum Gasteiger partial charge on any atom is -0.299 e. The third-order valence-electron chi connectivity index (χ3n) is 4.49. The largest absolute Gasteiger partial charge is 0.299 e. The van der Waals surface area contributed by atoms with Crippen LogP contribution in [0.25, 0.3) is 22.0 Å². The Balaban J connectivity index is 1.35. The first-order chi connectivity index (χ1) is 13.8. The van der Waals surface area contributed by atoms with Crippen molar-refractivity contribution in [3.63, 3.8) is 0 Å². The standard InChI is InChI=1S/C20H16ClN5S2/c21-15-5-3-13(4-6-15)19-23-16(11-27-19)12-28-20-25-24-18(26(20)17-7-8-17)14-2-1-9-22-10-14/h1-6,9-11,17H,7-8,12H2. The summed E-state index contributed by atoms with van der Waals surface area (Å²) in [6.45, 7) is 0. The molecule has 8 heteroatoms. The Morgan fingerprint density at radius 2 is 1.96 bits per heavy atom. The normalized spacial score (nSPS) is 13.8. The molecular weight excluding hydrogens is 410 g/mol. The summed E-state index contributed by atoms with van der Waals surface area (Å²) < 4.78 is 2.26. The minimum atomic E-state index is 0.493. The van der Waals surface area contributed by atoms with Gasteiger partial charge in [-0.2, -0.15) is 0 Å². The predicted octanol–water partition coefficient (Wildman–Crippen LogP) is 5.74. The monoisotopic (exact) mass is 425 g/mol. The first-order valence-corrected chi connectivity index (χ1v) is 11.2. The quantitative estimate of drug-likeness (QED) is 0.368. The highest BCUT2D eigenvalue weighted by Gasteiger charge is 2.30. The van der Waals surface area contributed by atoms with Gasteiger partial charge in [-0.15, -0.1) is 21.5 Å². The van der Waals surface area contributed by atoms with Crippen molar-refractivity contribution in [3.05, 3.63) is 64.9 Å². The lowest BCUT2D eigenvalue weighted by Crippen LogP contribution is -2.00. The van der Waals surface area contributed by atoms with Crippen molar-refractivity contribution < 1.29 is 0 Å². The van der Waals surface area contributed by atoms with E-state index >= 15 is 0 Å². The second kappa shape index (κ2) is 7.66. The van der Waals surface area contributed by atoms with Gasteiger partial charge in [0.05, 0.1) is 5.69 Å². The number of halogens is 1. The van der Waals surface area contributed by atoms with Crippen molar-refractivity contribution in [3.8, 4) is 22.0 Å². The van der Waals surface area contributed by atoms with Crippen molar-refractivity contribution in [1.82, 2.24) is 24.7 Å². The van der Waals surface area contributed by atoms with E-state index in [0.717, 1.165) is 43.6 Å². The van der Waals surface area contributed by atoms with E-state index in [-0.39, 0.29) is 0 Å². The van der Waals surface area contributed by atoms with Crippen LogP contribution in [0.3, 0.4) is 0 Å². The third kappa shape index (κ3) is 3.70. The SMILES string of the molecule is Clc1ccc(-c2nc(CSc3nnc(-c4cccnc4)n3C3CC3)cs2)cc1. The first kappa shape index (κ1) is 17.8. The summed E-state index contributed by atoms with van der Waals surface area (Å²) in [5.74, 6) is 1.67. The molecule has 0 bridgehead atoms. The summed E-state index contributed by atoms with van der Waals surface area (Å²) in [7, 11) is 0. The highest BCUT2D eigenvalue weighted by atomic mass is 35.5. The van der Waals surface area contributed by atoms with Crippen LogP contribution in [0.2, 0.25) is 5.02 Å². The molecule has 0 radical (unpaired) electrons. The van der Waals surface area contributed by atoms with Gasteiger partial charge in [0.15, 0.2) is 11.0 Å². The van der Waals surface area contributed by atoms with Crippen LogP contribution in [0.4, 0.5) is 0 Å². The zero-order chi connectivity index (χ0) is 18.9. The number of pyridine rings is 1. The summed E-state index contributed by atoms with van der Waals surface area (Å²) in [4.78, 5) is 8.98. The van der Waals surface area contributed by atoms with Crippen molar-refractivity contribution >= 4 is 34.7 Å². The van der Waals surface area contributed by atoms with Crippen molar-refractivity contribution in [2.24, 2.45) is 0 Å². The van der Waals surface area contributed by atoms with E-state index in [0.29, 0.717) is 6.04 Å². The number of benzene rings is 1. The molecule has 0 aliphatic heterocycles. The summed E-state index contributed by atoms with van der Waals surface area (Å²) in [5, 5.41) is 13.7. The maximum atomic E-state index is 5.97. The van der Waals surface area contributed by atoms with Crippen LogP contribution in [0, 0.1) is 0 Å². The summed E-state index contributed by atoms with van der Waals surface area (Å²) in [6.07, 6.45) is 5.97. The molecule has 28 heavy (non-hydrogen) atoms. The van der Waals surface area contributed by atoms with E-state index in [2.05, 4.69) is 25.1 Å². The van der Waals surface area contributed by atoms with Crippen LogP contribution in [0.5, 0.6) is 0 Å². The molecule has 0 atom stereocenters. The van der Waals surface area contributed by atoms with Gasteiger partial charge in [-0.05, 0) is 37.1 Å². The van der Waals surface area contributed by atoms with Crippen LogP contribution in [0.15, 0.2) is 59.3 Å². The van der Waals surface area contributed by atoms with Crippen LogP contribution in [-0.2, 0) is 5.75 Å². The molecule has 1 saturated carbocycles. The van der Waals surface area contributed by atoms with Crippen LogP contribution < -0.4 is 0 Å². The van der Waals surface area contributed by atoms with Gasteiger partial charge < -0.3 is 0 Å². The van der Waals surface area contributed by atoms with E-state index in [1.165, 1.54) is 12.8 Å². The Hall–Kier alpha value is -2.22. The average Bonchev–Trinajstić information content (AvgIpc) is 3.30. The summed E-state index contributed by atoms with van der Waals surface area (Å²) in [5.41, 5.74) is 3.14. The number of nitrogens with zero attached hydrogens (tertiary/aromatic N) is 5. The Kier molecular flexibility index (Phi) is 4.88. The Morgan fingerprint density at radius 1 is 1.11 bits per heavy atom. The van der Waals surface area contributed by atoms with E-state index in [4.69, 9.17) is 16.6 Å². The molecule has 4 aromatic rings. The predicted molar refractivity (Wildman–Crippen MR) is 114 cm³/mol. The first-order valence-electron chi connectivity index (χ1n) is 8.96. The number of rotatable bonds is 6. The van der Waals surface area contributed by atoms with Crippen LogP contribution >= 0.6 is 34.7 Å². The molecule has 1 aliphatic rings. The molecule has 1 aromatic carbocycles. The molecule has 1 aliphatic carbocycles. The maximum Gasteiger partial charge on any atom is 0.192 e. The van der Waals surface area contributed by atoms with E-state index in [9.17, 15) is 0 Å². The molecule has 0 N–H and O–H groups in total. The number of thiazole rings is 1. The fourth-order valence-corrected chi connectivity index (χ4v) is 4.92. The second-order valence-corrected chi connectivity index (χ2v) is 8.83. The van der Waals surface area contributed by atoms with Gasteiger partial charge in [0, 0.05) is 45.7 Å². The second-order valence-electron chi connectivity index (χ2n) is 6.59. The fraction of sp³-hybridized carbons (Fsp3) is 0.200. The fourth-order valence-electron chi connectivity index (χ4n) is 2.97. The summed E-state index contributed by atoms with van der Waals surface area (Å²) >= 11 is 9.31. The molecule has 3 heterocycles. The Morgan fingerprint density at radius 3 is 2.71 bits per heavy atom. The van der Waals surface area contributed by atoms with Gasteiger partial charge in [0.2, 0.25) is 0 Å². The lowest BCUT2D eigenvalue weighted by atomic mass is 10.2. The molecule has 3 aromatic heterocycles. The van der Waals surface area contributed by atoms with Crippen LogP contribution in [-0.4, -0.2) is 24.7 Å². The van der Waals surface area contributed by atoms with Gasteiger partial charge in [-0.1, -0.05) is 35.5 Å². The number of thioether (sulfide) groups is 1. The van der Waals surface area contributed by atoms with Crippen molar-refractivity contribution in [1.29, 1.82) is 0 Å². The van der Waals surface area contributed by atoms with Crippen molar-refractivity contribution in [2.45, 2.75) is 29.8 Å². The highest BCUT2D eigenvalue weighted by Crippen LogP contribution is 2.41. The van der Waals surface area contributed by atoms with Gasteiger partial charge in [-0.3, -0.25) is 9.55 Å². The molecule has 5 rings (SSSR count). The molecule has 0 amide bonds. The highest BCUT2D eigenvalue weighted by molar-refractivity contribution is 7.98. The maximum absolute atomic E-state index is 5.97. The molecule has 0 saturated heterocycles. The van der Waals surface area contributed by atoms with Crippen LogP contribution in [0.1, 0.15) is 24.6 Å². The average molecular weight is 426 g/mol. The number of hydrogen-bond acceptors (Lipinski definition) is 6. The minimum absolute atomic E-state index is 0.493. The number of aromatic nitrogens is 5. The van der Waals surface area contributed by atoms with Gasteiger partial charge in [0.1, 0.15) is 5.01 Å². The summed E-state index contributed by atoms with van der Waals surface area (Å²) in [6, 6.07) is 12.2. The Bertz CT molecular complexity index is 1090. The van der Waals surface area contributed by atoms with Gasteiger partial charge in [-0.25, -0.2) is 4.98 Å². The van der Waals surface area contributed by atoms with Gasteiger partial charge in [0.25, 0.3) is 0 Å². The van der Waals surface area contributed by atoms with E-state index < -0.39 is 0 Å². The smallest absolute Gasteiger partial charge is 0.192 e. The molecule has 1 fully saturated rings. The van der Waals surface area contributed by atoms with E-state index in [1.807, 2.05) is 42.6 Å². The lowest BCUT2D eigenvalue weighted by Gasteiger charge is -2.08. The number of hydrogen-bond donors (Lipinski definition) is 0. The molecule has 5 nitrogen and oxygen atoms in total. The zero-order valence-corrected chi connectivity index (χ0v) is 17.2. The topological polar surface area (TPSA) is 56.5 Å². The molecular formula is C20H16ClN5S2. The third-order valence-corrected chi connectivity index (χ3v) is 6.66.